The lowest BCUT2D eigenvalue weighted by Gasteiger charge is -2.40. The molecule has 180 valence electrons. The van der Waals surface area contributed by atoms with Gasteiger partial charge in [0.1, 0.15) is 12.6 Å². The Morgan fingerprint density at radius 3 is 2.12 bits per heavy atom. The second kappa shape index (κ2) is 9.87. The van der Waals surface area contributed by atoms with Crippen LogP contribution in [0.4, 0.5) is 4.79 Å². The van der Waals surface area contributed by atoms with E-state index in [0.717, 1.165) is 22.3 Å². The molecule has 0 spiro atoms. The highest BCUT2D eigenvalue weighted by atomic mass is 16.5. The number of rotatable bonds is 8. The summed E-state index contributed by atoms with van der Waals surface area (Å²) in [7, 11) is 1.68. The van der Waals surface area contributed by atoms with Crippen LogP contribution in [0.1, 0.15) is 50.2 Å². The first-order valence-electron chi connectivity index (χ1n) is 11.9. The summed E-state index contributed by atoms with van der Waals surface area (Å²) in [5.74, 6) is -1.31. The quantitative estimate of drug-likeness (QED) is 0.609. The largest absolute Gasteiger partial charge is 0.481 e. The van der Waals surface area contributed by atoms with Gasteiger partial charge in [-0.05, 0) is 47.4 Å². The number of fused-ring (bicyclic) bond motifs is 3. The Morgan fingerprint density at radius 2 is 1.59 bits per heavy atom. The molecular formula is C27H32N2O5. The molecule has 2 amide bonds. The molecule has 0 bridgehead atoms. The summed E-state index contributed by atoms with van der Waals surface area (Å²) >= 11 is 0. The minimum atomic E-state index is -0.826. The van der Waals surface area contributed by atoms with Gasteiger partial charge < -0.3 is 20.1 Å². The van der Waals surface area contributed by atoms with E-state index in [9.17, 15) is 14.4 Å². The third-order valence-corrected chi connectivity index (χ3v) is 7.00. The molecule has 1 atom stereocenters. The highest BCUT2D eigenvalue weighted by Crippen LogP contribution is 2.44. The van der Waals surface area contributed by atoms with E-state index in [1.54, 1.807) is 11.9 Å². The number of carbonyl (C=O) groups excluding carboxylic acids is 2. The number of carboxylic acids is 1. The summed E-state index contributed by atoms with van der Waals surface area (Å²) in [5, 5.41) is 11.9. The van der Waals surface area contributed by atoms with Gasteiger partial charge in [-0.3, -0.25) is 9.59 Å². The van der Waals surface area contributed by atoms with E-state index in [0.29, 0.717) is 19.3 Å². The predicted octanol–water partition coefficient (Wildman–Crippen LogP) is 4.26. The van der Waals surface area contributed by atoms with Crippen molar-refractivity contribution >= 4 is 18.0 Å². The van der Waals surface area contributed by atoms with Crippen LogP contribution in [0, 0.1) is 11.8 Å². The molecule has 7 heteroatoms. The molecule has 0 aromatic heterocycles. The fourth-order valence-corrected chi connectivity index (χ4v) is 5.01. The number of nitrogens with one attached hydrogen (secondary N) is 1. The maximum atomic E-state index is 13.1. The zero-order chi connectivity index (χ0) is 24.4. The Labute approximate surface area is 200 Å². The van der Waals surface area contributed by atoms with Gasteiger partial charge in [0.05, 0.1) is 5.92 Å². The van der Waals surface area contributed by atoms with E-state index in [-0.39, 0.29) is 30.4 Å². The Kier molecular flexibility index (Phi) is 6.91. The Hall–Kier alpha value is -3.35. The second-order valence-electron chi connectivity index (χ2n) is 9.76. The molecule has 2 aliphatic rings. The molecule has 2 aliphatic carbocycles. The van der Waals surface area contributed by atoms with Crippen molar-refractivity contribution in [2.45, 2.75) is 51.1 Å². The normalized spacial score (nSPS) is 19.5. The molecule has 2 aromatic carbocycles. The number of carboxylic acid groups (broad SMARTS) is 1. The van der Waals surface area contributed by atoms with Gasteiger partial charge in [0, 0.05) is 19.0 Å². The number of likely N-dealkylation sites (N-methyl/N-ethyl adjacent to an activating group) is 1. The molecule has 7 nitrogen and oxygen atoms in total. The number of benzene rings is 2. The Morgan fingerprint density at radius 1 is 1.03 bits per heavy atom. The van der Waals surface area contributed by atoms with Crippen LogP contribution < -0.4 is 5.32 Å². The topological polar surface area (TPSA) is 95.9 Å². The minimum absolute atomic E-state index is 0.0528. The van der Waals surface area contributed by atoms with E-state index in [4.69, 9.17) is 9.84 Å². The lowest BCUT2D eigenvalue weighted by Crippen LogP contribution is -2.54. The molecule has 0 unspecified atom stereocenters. The maximum absolute atomic E-state index is 13.1. The average Bonchev–Trinajstić information content (AvgIpc) is 3.09. The van der Waals surface area contributed by atoms with Gasteiger partial charge in [-0.15, -0.1) is 0 Å². The molecule has 2 aromatic rings. The van der Waals surface area contributed by atoms with Gasteiger partial charge in [0.2, 0.25) is 5.91 Å². The zero-order valence-electron chi connectivity index (χ0n) is 19.9. The summed E-state index contributed by atoms with van der Waals surface area (Å²) in [5.41, 5.74) is 4.57. The van der Waals surface area contributed by atoms with Crippen molar-refractivity contribution < 1.29 is 24.2 Å². The van der Waals surface area contributed by atoms with Crippen LogP contribution in [0.2, 0.25) is 0 Å². The van der Waals surface area contributed by atoms with Crippen molar-refractivity contribution in [3.63, 3.8) is 0 Å². The molecule has 0 radical (unpaired) electrons. The summed E-state index contributed by atoms with van der Waals surface area (Å²) in [6.07, 6.45) is 0.738. The van der Waals surface area contributed by atoms with Crippen LogP contribution >= 0.6 is 0 Å². The fraction of sp³-hybridized carbons (Fsp3) is 0.444. The van der Waals surface area contributed by atoms with Crippen molar-refractivity contribution in [2.75, 3.05) is 13.7 Å². The molecule has 2 N–H and O–H groups in total. The van der Waals surface area contributed by atoms with Crippen LogP contribution in [0.25, 0.3) is 11.1 Å². The first-order valence-corrected chi connectivity index (χ1v) is 11.9. The summed E-state index contributed by atoms with van der Waals surface area (Å²) in [4.78, 5) is 38.6. The van der Waals surface area contributed by atoms with Crippen LogP contribution in [-0.4, -0.2) is 53.7 Å². The lowest BCUT2D eigenvalue weighted by molar-refractivity contribution is -0.150. The number of alkyl carbamates (subject to hydrolysis) is 1. The molecule has 1 fully saturated rings. The van der Waals surface area contributed by atoms with Crippen molar-refractivity contribution in [1.29, 1.82) is 0 Å². The Balaban J connectivity index is 1.39. The standard InChI is InChI=1S/C27H32N2O5/c1-16(2)12-24(25(30)29(3)18-13-17(14-18)26(31)32)28-27(33)34-15-23-21-10-6-4-8-19(21)20-9-5-7-11-22(20)23/h4-11,16-18,23-24H,12-15H2,1-3H3,(H,28,33)(H,31,32)/t17?,18?,24-/m1/s1. The third-order valence-electron chi connectivity index (χ3n) is 7.00. The average molecular weight is 465 g/mol. The van der Waals surface area contributed by atoms with Gasteiger partial charge in [0.25, 0.3) is 0 Å². The lowest BCUT2D eigenvalue weighted by atomic mass is 9.79. The summed E-state index contributed by atoms with van der Waals surface area (Å²) < 4.78 is 5.63. The van der Waals surface area contributed by atoms with Crippen molar-refractivity contribution in [3.05, 3.63) is 59.7 Å². The van der Waals surface area contributed by atoms with Gasteiger partial charge in [-0.25, -0.2) is 4.79 Å². The summed E-state index contributed by atoms with van der Waals surface area (Å²) in [6.45, 7) is 4.16. The van der Waals surface area contributed by atoms with E-state index < -0.39 is 24.0 Å². The third kappa shape index (κ3) is 4.79. The number of ether oxygens (including phenoxy) is 1. The van der Waals surface area contributed by atoms with Crippen LogP contribution in [0.3, 0.4) is 0 Å². The maximum Gasteiger partial charge on any atom is 0.407 e. The van der Waals surface area contributed by atoms with Gasteiger partial charge in [0.15, 0.2) is 0 Å². The number of nitrogens with zero attached hydrogens (tertiary/aromatic N) is 1. The van der Waals surface area contributed by atoms with Crippen molar-refractivity contribution in [2.24, 2.45) is 11.8 Å². The molecule has 4 rings (SSSR count). The number of hydrogen-bond acceptors (Lipinski definition) is 4. The van der Waals surface area contributed by atoms with Crippen LogP contribution in [0.5, 0.6) is 0 Å². The zero-order valence-corrected chi connectivity index (χ0v) is 19.9. The van der Waals surface area contributed by atoms with Crippen LogP contribution in [-0.2, 0) is 14.3 Å². The molecule has 0 aliphatic heterocycles. The van der Waals surface area contributed by atoms with Crippen LogP contribution in [0.15, 0.2) is 48.5 Å². The van der Waals surface area contributed by atoms with Gasteiger partial charge >= 0.3 is 12.1 Å². The molecule has 0 saturated heterocycles. The van der Waals surface area contributed by atoms with E-state index >= 15 is 0 Å². The number of amides is 2. The van der Waals surface area contributed by atoms with Gasteiger partial charge in [-0.1, -0.05) is 62.4 Å². The second-order valence-corrected chi connectivity index (χ2v) is 9.76. The highest BCUT2D eigenvalue weighted by Gasteiger charge is 2.40. The minimum Gasteiger partial charge on any atom is -0.481 e. The van der Waals surface area contributed by atoms with E-state index in [1.165, 1.54) is 0 Å². The molecule has 34 heavy (non-hydrogen) atoms. The smallest absolute Gasteiger partial charge is 0.407 e. The Bertz CT molecular complexity index is 1030. The molecule has 1 saturated carbocycles. The number of carbonyl (C=O) groups is 3. The predicted molar refractivity (Wildman–Crippen MR) is 128 cm³/mol. The van der Waals surface area contributed by atoms with Gasteiger partial charge in [-0.2, -0.15) is 0 Å². The first-order chi connectivity index (χ1) is 16.3. The first kappa shape index (κ1) is 23.8. The van der Waals surface area contributed by atoms with E-state index in [1.807, 2.05) is 38.1 Å². The monoisotopic (exact) mass is 464 g/mol. The fourth-order valence-electron chi connectivity index (χ4n) is 5.01. The van der Waals surface area contributed by atoms with Crippen molar-refractivity contribution in [3.8, 4) is 11.1 Å². The highest BCUT2D eigenvalue weighted by molar-refractivity contribution is 5.86. The molecular weight excluding hydrogens is 432 g/mol. The summed E-state index contributed by atoms with van der Waals surface area (Å²) in [6, 6.07) is 15.4. The SMILES string of the molecule is CC(C)C[C@@H](NC(=O)OCC1c2ccccc2-c2ccccc21)C(=O)N(C)C1CC(C(=O)O)C1. The van der Waals surface area contributed by atoms with E-state index in [2.05, 4.69) is 29.6 Å². The number of aliphatic carboxylic acids is 1. The molecule has 0 heterocycles. The van der Waals surface area contributed by atoms with Crippen molar-refractivity contribution in [1.82, 2.24) is 10.2 Å². The number of hydrogen-bond donors (Lipinski definition) is 2.